The van der Waals surface area contributed by atoms with Gasteiger partial charge in [-0.25, -0.2) is 0 Å². The molecule has 0 saturated carbocycles. The van der Waals surface area contributed by atoms with Crippen LogP contribution in [0.4, 0.5) is 0 Å². The summed E-state index contributed by atoms with van der Waals surface area (Å²) < 4.78 is 5.48. The van der Waals surface area contributed by atoms with Crippen molar-refractivity contribution < 1.29 is 9.53 Å². The summed E-state index contributed by atoms with van der Waals surface area (Å²) in [4.78, 5) is 12.4. The van der Waals surface area contributed by atoms with E-state index in [0.29, 0.717) is 16.5 Å². The highest BCUT2D eigenvalue weighted by Crippen LogP contribution is 2.32. The van der Waals surface area contributed by atoms with Crippen molar-refractivity contribution in [3.8, 4) is 5.75 Å². The van der Waals surface area contributed by atoms with Gasteiger partial charge in [0.1, 0.15) is 5.75 Å². The van der Waals surface area contributed by atoms with E-state index in [9.17, 15) is 4.79 Å². The minimum Gasteiger partial charge on any atom is -0.496 e. The number of rotatable bonds is 5. The van der Waals surface area contributed by atoms with E-state index in [4.69, 9.17) is 16.3 Å². The van der Waals surface area contributed by atoms with E-state index in [1.54, 1.807) is 31.4 Å². The number of amides is 1. The number of carbonyl (C=O) groups is 1. The van der Waals surface area contributed by atoms with Crippen LogP contribution in [-0.4, -0.2) is 13.0 Å². The number of ether oxygens (including phenoxy) is 1. The summed E-state index contributed by atoms with van der Waals surface area (Å²) in [6, 6.07) is 11.0. The van der Waals surface area contributed by atoms with Gasteiger partial charge in [0, 0.05) is 10.6 Å². The Bertz CT molecular complexity index is 723. The molecule has 0 spiro atoms. The van der Waals surface area contributed by atoms with E-state index < -0.39 is 0 Å². The highest BCUT2D eigenvalue weighted by Gasteiger charge is 2.17. The molecule has 2 rings (SSSR count). The summed E-state index contributed by atoms with van der Waals surface area (Å²) in [6.45, 7) is 8.29. The van der Waals surface area contributed by atoms with Gasteiger partial charge in [-0.1, -0.05) is 25.4 Å². The van der Waals surface area contributed by atoms with Crippen LogP contribution >= 0.6 is 11.6 Å². The number of aryl methyl sites for hydroxylation is 1. The van der Waals surface area contributed by atoms with Crippen molar-refractivity contribution in [3.63, 3.8) is 0 Å². The summed E-state index contributed by atoms with van der Waals surface area (Å²) in [5.74, 6) is 1.13. The predicted octanol–water partition coefficient (Wildman–Crippen LogP) is 5.27. The first kappa shape index (κ1) is 18.3. The Kier molecular flexibility index (Phi) is 5.89. The summed E-state index contributed by atoms with van der Waals surface area (Å²) in [5.41, 5.74) is 3.94. The van der Waals surface area contributed by atoms with Crippen molar-refractivity contribution in [2.75, 3.05) is 7.11 Å². The third-order valence-corrected chi connectivity index (χ3v) is 4.41. The minimum atomic E-state index is -0.111. The maximum Gasteiger partial charge on any atom is 0.251 e. The van der Waals surface area contributed by atoms with E-state index >= 15 is 0 Å². The molecule has 0 unspecified atom stereocenters. The standard InChI is InChI=1S/C20H24ClNO2/c1-12(2)17-11-18(13(3)10-19(17)24-5)14(4)22-20(23)15-6-8-16(21)9-7-15/h6-12,14H,1-5H3,(H,22,23)/t14-/m0/s1. The first-order valence-electron chi connectivity index (χ1n) is 8.08. The van der Waals surface area contributed by atoms with Crippen LogP contribution in [0.3, 0.4) is 0 Å². The van der Waals surface area contributed by atoms with Gasteiger partial charge in [0.15, 0.2) is 0 Å². The largest absolute Gasteiger partial charge is 0.496 e. The van der Waals surface area contributed by atoms with Crippen LogP contribution in [0.5, 0.6) is 5.75 Å². The van der Waals surface area contributed by atoms with E-state index in [1.165, 1.54) is 0 Å². The molecule has 24 heavy (non-hydrogen) atoms. The van der Waals surface area contributed by atoms with Gasteiger partial charge in [0.2, 0.25) is 0 Å². The van der Waals surface area contributed by atoms with Gasteiger partial charge >= 0.3 is 0 Å². The summed E-state index contributed by atoms with van der Waals surface area (Å²) in [6.07, 6.45) is 0. The van der Waals surface area contributed by atoms with Gasteiger partial charge < -0.3 is 10.1 Å². The molecule has 2 aromatic rings. The molecule has 0 radical (unpaired) electrons. The lowest BCUT2D eigenvalue weighted by atomic mass is 9.93. The van der Waals surface area contributed by atoms with E-state index in [-0.39, 0.29) is 11.9 Å². The monoisotopic (exact) mass is 345 g/mol. The second-order valence-electron chi connectivity index (χ2n) is 6.31. The van der Waals surface area contributed by atoms with Gasteiger partial charge in [-0.3, -0.25) is 4.79 Å². The first-order valence-corrected chi connectivity index (χ1v) is 8.46. The molecule has 128 valence electrons. The van der Waals surface area contributed by atoms with Crippen LogP contribution in [0.1, 0.15) is 59.8 Å². The maximum absolute atomic E-state index is 12.4. The molecule has 0 heterocycles. The highest BCUT2D eigenvalue weighted by atomic mass is 35.5. The lowest BCUT2D eigenvalue weighted by Gasteiger charge is -2.21. The SMILES string of the molecule is COc1cc(C)c([C@H](C)NC(=O)c2ccc(Cl)cc2)cc1C(C)C. The number of hydrogen-bond acceptors (Lipinski definition) is 2. The van der Waals surface area contributed by atoms with Crippen molar-refractivity contribution in [1.82, 2.24) is 5.32 Å². The average molecular weight is 346 g/mol. The third-order valence-electron chi connectivity index (χ3n) is 4.16. The Morgan fingerprint density at radius 2 is 1.71 bits per heavy atom. The lowest BCUT2D eigenvalue weighted by Crippen LogP contribution is -2.27. The van der Waals surface area contributed by atoms with Crippen molar-refractivity contribution in [1.29, 1.82) is 0 Å². The fourth-order valence-corrected chi connectivity index (χ4v) is 2.90. The van der Waals surface area contributed by atoms with Crippen molar-refractivity contribution in [2.45, 2.75) is 39.7 Å². The zero-order valence-electron chi connectivity index (χ0n) is 14.8. The molecule has 3 nitrogen and oxygen atoms in total. The van der Waals surface area contributed by atoms with Crippen LogP contribution in [0.15, 0.2) is 36.4 Å². The second kappa shape index (κ2) is 7.71. The van der Waals surface area contributed by atoms with Crippen LogP contribution < -0.4 is 10.1 Å². The van der Waals surface area contributed by atoms with Gasteiger partial charge in [-0.05, 0) is 72.9 Å². The molecule has 4 heteroatoms. The number of hydrogen-bond donors (Lipinski definition) is 1. The predicted molar refractivity (Wildman–Crippen MR) is 99.2 cm³/mol. The molecule has 0 aliphatic heterocycles. The number of methoxy groups -OCH3 is 1. The Morgan fingerprint density at radius 1 is 1.08 bits per heavy atom. The summed E-state index contributed by atoms with van der Waals surface area (Å²) >= 11 is 5.87. The molecule has 0 aromatic heterocycles. The highest BCUT2D eigenvalue weighted by molar-refractivity contribution is 6.30. The molecule has 0 fully saturated rings. The van der Waals surface area contributed by atoms with E-state index in [2.05, 4.69) is 25.2 Å². The topological polar surface area (TPSA) is 38.3 Å². The molecule has 0 aliphatic carbocycles. The van der Waals surface area contributed by atoms with E-state index in [0.717, 1.165) is 22.4 Å². The smallest absolute Gasteiger partial charge is 0.251 e. The average Bonchev–Trinajstić information content (AvgIpc) is 2.54. The summed E-state index contributed by atoms with van der Waals surface area (Å²) in [5, 5.41) is 3.67. The minimum absolute atomic E-state index is 0.100. The number of carbonyl (C=O) groups excluding carboxylic acids is 1. The maximum atomic E-state index is 12.4. The second-order valence-corrected chi connectivity index (χ2v) is 6.74. The molecule has 0 bridgehead atoms. The summed E-state index contributed by atoms with van der Waals surface area (Å²) in [7, 11) is 1.69. The number of halogens is 1. The molecular formula is C20H24ClNO2. The normalized spacial score (nSPS) is 12.1. The van der Waals surface area contributed by atoms with Crippen molar-refractivity contribution in [2.24, 2.45) is 0 Å². The van der Waals surface area contributed by atoms with Crippen LogP contribution in [-0.2, 0) is 0 Å². The van der Waals surface area contributed by atoms with Crippen molar-refractivity contribution in [3.05, 3.63) is 63.7 Å². The number of benzene rings is 2. The molecule has 1 N–H and O–H groups in total. The number of nitrogens with one attached hydrogen (secondary N) is 1. The lowest BCUT2D eigenvalue weighted by molar-refractivity contribution is 0.0940. The van der Waals surface area contributed by atoms with Gasteiger partial charge in [0.05, 0.1) is 13.2 Å². The fourth-order valence-electron chi connectivity index (χ4n) is 2.77. The van der Waals surface area contributed by atoms with Crippen molar-refractivity contribution >= 4 is 17.5 Å². The zero-order chi connectivity index (χ0) is 17.9. The Morgan fingerprint density at radius 3 is 2.25 bits per heavy atom. The fraction of sp³-hybridized carbons (Fsp3) is 0.350. The van der Waals surface area contributed by atoms with Crippen LogP contribution in [0.25, 0.3) is 0 Å². The molecule has 0 aliphatic rings. The van der Waals surface area contributed by atoms with Crippen LogP contribution in [0.2, 0.25) is 5.02 Å². The quantitative estimate of drug-likeness (QED) is 0.801. The van der Waals surface area contributed by atoms with Gasteiger partial charge in [0.25, 0.3) is 5.91 Å². The Hall–Kier alpha value is -2.00. The molecule has 1 atom stereocenters. The van der Waals surface area contributed by atoms with Gasteiger partial charge in [-0.2, -0.15) is 0 Å². The third kappa shape index (κ3) is 4.09. The molecule has 1 amide bonds. The molecule has 2 aromatic carbocycles. The Balaban J connectivity index is 2.25. The van der Waals surface area contributed by atoms with Crippen LogP contribution in [0, 0.1) is 6.92 Å². The van der Waals surface area contributed by atoms with Gasteiger partial charge in [-0.15, -0.1) is 0 Å². The zero-order valence-corrected chi connectivity index (χ0v) is 15.6. The Labute approximate surface area is 149 Å². The van der Waals surface area contributed by atoms with E-state index in [1.807, 2.05) is 19.9 Å². The first-order chi connectivity index (χ1) is 11.3. The molecular weight excluding hydrogens is 322 g/mol. The molecule has 0 saturated heterocycles.